The number of aromatic nitrogens is 1. The Labute approximate surface area is 109 Å². The number of anilines is 2. The van der Waals surface area contributed by atoms with E-state index in [4.69, 9.17) is 10.5 Å². The summed E-state index contributed by atoms with van der Waals surface area (Å²) in [7, 11) is -1.96. The van der Waals surface area contributed by atoms with Crippen molar-refractivity contribution in [3.05, 3.63) is 18.2 Å². The van der Waals surface area contributed by atoms with Crippen LogP contribution in [0, 0.1) is 0 Å². The molecular formula is C10H13N3O3S2. The van der Waals surface area contributed by atoms with Crippen LogP contribution in [-0.4, -0.2) is 32.9 Å². The Kier molecular flexibility index (Phi) is 3.69. The summed E-state index contributed by atoms with van der Waals surface area (Å²) in [6.07, 6.45) is 0. The van der Waals surface area contributed by atoms with Gasteiger partial charge >= 0.3 is 0 Å². The van der Waals surface area contributed by atoms with Crippen LogP contribution in [0.3, 0.4) is 0 Å². The lowest BCUT2D eigenvalue weighted by atomic mass is 10.3. The summed E-state index contributed by atoms with van der Waals surface area (Å²) in [5, 5.41) is 0.340. The van der Waals surface area contributed by atoms with Gasteiger partial charge in [-0.25, -0.2) is 13.4 Å². The predicted octanol–water partition coefficient (Wildman–Crippen LogP) is 1.27. The molecule has 2 rings (SSSR count). The molecule has 6 nitrogen and oxygen atoms in total. The zero-order valence-electron chi connectivity index (χ0n) is 9.71. The minimum atomic E-state index is -3.41. The van der Waals surface area contributed by atoms with Crippen LogP contribution in [0.1, 0.15) is 0 Å². The number of ether oxygens (including phenoxy) is 1. The lowest BCUT2D eigenvalue weighted by molar-refractivity contribution is 0.217. The summed E-state index contributed by atoms with van der Waals surface area (Å²) in [4.78, 5) is 4.18. The highest BCUT2D eigenvalue weighted by Gasteiger charge is 2.13. The summed E-state index contributed by atoms with van der Waals surface area (Å²) in [6.45, 7) is 0.146. The summed E-state index contributed by atoms with van der Waals surface area (Å²) in [6, 6.07) is 5.25. The molecular weight excluding hydrogens is 274 g/mol. The number of methoxy groups -OCH3 is 1. The second-order valence-electron chi connectivity index (χ2n) is 3.66. The van der Waals surface area contributed by atoms with E-state index in [9.17, 15) is 8.42 Å². The molecule has 98 valence electrons. The van der Waals surface area contributed by atoms with E-state index in [2.05, 4.69) is 9.71 Å². The van der Waals surface area contributed by atoms with Gasteiger partial charge < -0.3 is 10.5 Å². The Balaban J connectivity index is 2.22. The summed E-state index contributed by atoms with van der Waals surface area (Å²) < 4.78 is 31.3. The van der Waals surface area contributed by atoms with E-state index in [0.717, 1.165) is 10.2 Å². The Morgan fingerprint density at radius 3 is 3.00 bits per heavy atom. The zero-order chi connectivity index (χ0) is 13.2. The van der Waals surface area contributed by atoms with E-state index in [0.29, 0.717) is 10.8 Å². The number of nitrogens with zero attached hydrogens (tertiary/aromatic N) is 1. The number of nitrogens with two attached hydrogens (primary N) is 1. The molecule has 0 atom stereocenters. The SMILES string of the molecule is COCCS(=O)(=O)Nc1nc2ccc(N)cc2s1. The molecule has 0 fully saturated rings. The van der Waals surface area contributed by atoms with Gasteiger partial charge in [-0.1, -0.05) is 11.3 Å². The van der Waals surface area contributed by atoms with E-state index in [-0.39, 0.29) is 12.4 Å². The molecule has 2 aromatic rings. The predicted molar refractivity (Wildman–Crippen MR) is 73.3 cm³/mol. The third-order valence-electron chi connectivity index (χ3n) is 2.21. The maximum Gasteiger partial charge on any atom is 0.236 e. The largest absolute Gasteiger partial charge is 0.399 e. The zero-order valence-corrected chi connectivity index (χ0v) is 11.3. The van der Waals surface area contributed by atoms with Gasteiger partial charge in [0, 0.05) is 12.8 Å². The molecule has 8 heteroatoms. The molecule has 0 amide bonds. The highest BCUT2D eigenvalue weighted by Crippen LogP contribution is 2.28. The monoisotopic (exact) mass is 287 g/mol. The highest BCUT2D eigenvalue weighted by atomic mass is 32.2. The fraction of sp³-hybridized carbons (Fsp3) is 0.300. The van der Waals surface area contributed by atoms with Gasteiger partial charge in [-0.3, -0.25) is 4.72 Å². The van der Waals surface area contributed by atoms with Crippen LogP contribution in [0.5, 0.6) is 0 Å². The first kappa shape index (κ1) is 13.1. The van der Waals surface area contributed by atoms with Crippen LogP contribution in [0.25, 0.3) is 10.2 Å². The smallest absolute Gasteiger partial charge is 0.236 e. The van der Waals surface area contributed by atoms with Crippen molar-refractivity contribution in [1.29, 1.82) is 0 Å². The van der Waals surface area contributed by atoms with E-state index >= 15 is 0 Å². The first-order valence-corrected chi connectivity index (χ1v) is 7.62. The molecule has 0 bridgehead atoms. The Hall–Kier alpha value is -1.38. The second kappa shape index (κ2) is 5.09. The van der Waals surface area contributed by atoms with Crippen molar-refractivity contribution in [1.82, 2.24) is 4.98 Å². The average molecular weight is 287 g/mol. The van der Waals surface area contributed by atoms with E-state index in [1.165, 1.54) is 18.4 Å². The Morgan fingerprint density at radius 2 is 2.28 bits per heavy atom. The first-order chi connectivity index (χ1) is 8.50. The average Bonchev–Trinajstić information content (AvgIpc) is 2.66. The number of rotatable bonds is 5. The van der Waals surface area contributed by atoms with Gasteiger partial charge in [0.2, 0.25) is 10.0 Å². The van der Waals surface area contributed by atoms with Gasteiger partial charge in [-0.05, 0) is 18.2 Å². The number of hydrogen-bond acceptors (Lipinski definition) is 6. The normalized spacial score (nSPS) is 11.8. The third kappa shape index (κ3) is 3.09. The quantitative estimate of drug-likeness (QED) is 0.807. The van der Waals surface area contributed by atoms with E-state index in [1.54, 1.807) is 18.2 Å². The fourth-order valence-electron chi connectivity index (χ4n) is 1.36. The van der Waals surface area contributed by atoms with E-state index < -0.39 is 10.0 Å². The van der Waals surface area contributed by atoms with Crippen molar-refractivity contribution >= 4 is 42.4 Å². The van der Waals surface area contributed by atoms with Crippen molar-refractivity contribution < 1.29 is 13.2 Å². The molecule has 18 heavy (non-hydrogen) atoms. The minimum Gasteiger partial charge on any atom is -0.399 e. The van der Waals surface area contributed by atoms with Gasteiger partial charge in [-0.15, -0.1) is 0 Å². The first-order valence-electron chi connectivity index (χ1n) is 5.16. The summed E-state index contributed by atoms with van der Waals surface area (Å²) in [5.74, 6) is -0.0957. The lowest BCUT2D eigenvalue weighted by Gasteiger charge is -2.03. The topological polar surface area (TPSA) is 94.3 Å². The molecule has 1 aromatic heterocycles. The van der Waals surface area contributed by atoms with Crippen LogP contribution in [0.2, 0.25) is 0 Å². The van der Waals surface area contributed by atoms with Crippen molar-refractivity contribution in [2.45, 2.75) is 0 Å². The van der Waals surface area contributed by atoms with Crippen molar-refractivity contribution in [2.24, 2.45) is 0 Å². The van der Waals surface area contributed by atoms with E-state index in [1.807, 2.05) is 0 Å². The van der Waals surface area contributed by atoms with Gasteiger partial charge in [0.1, 0.15) is 0 Å². The molecule has 0 saturated heterocycles. The third-order valence-corrected chi connectivity index (χ3v) is 4.48. The molecule has 3 N–H and O–H groups in total. The minimum absolute atomic E-state index is 0.0957. The number of fused-ring (bicyclic) bond motifs is 1. The second-order valence-corrected chi connectivity index (χ2v) is 6.53. The number of nitrogens with one attached hydrogen (secondary N) is 1. The lowest BCUT2D eigenvalue weighted by Crippen LogP contribution is -2.19. The number of sulfonamides is 1. The highest BCUT2D eigenvalue weighted by molar-refractivity contribution is 7.92. The number of benzene rings is 1. The molecule has 0 aliphatic heterocycles. The van der Waals surface area contributed by atoms with Crippen molar-refractivity contribution in [3.63, 3.8) is 0 Å². The molecule has 0 aliphatic carbocycles. The summed E-state index contributed by atoms with van der Waals surface area (Å²) >= 11 is 1.25. The fourth-order valence-corrected chi connectivity index (χ4v) is 3.47. The summed E-state index contributed by atoms with van der Waals surface area (Å²) in [5.41, 5.74) is 7.00. The maximum atomic E-state index is 11.7. The maximum absolute atomic E-state index is 11.7. The van der Waals surface area contributed by atoms with Gasteiger partial charge in [0.05, 0.1) is 22.6 Å². The number of thiazole rings is 1. The molecule has 0 spiro atoms. The molecule has 0 radical (unpaired) electrons. The van der Waals surface area contributed by atoms with Crippen molar-refractivity contribution in [3.8, 4) is 0 Å². The number of hydrogen-bond donors (Lipinski definition) is 2. The Bertz CT molecular complexity index is 651. The molecule has 0 unspecified atom stereocenters. The molecule has 0 saturated carbocycles. The Morgan fingerprint density at radius 1 is 1.50 bits per heavy atom. The van der Waals surface area contributed by atoms with Gasteiger partial charge in [-0.2, -0.15) is 0 Å². The van der Waals surface area contributed by atoms with Crippen LogP contribution < -0.4 is 10.5 Å². The van der Waals surface area contributed by atoms with Gasteiger partial charge in [0.15, 0.2) is 5.13 Å². The standard InChI is InChI=1S/C10H13N3O3S2/c1-16-4-5-18(14,15)13-10-12-8-3-2-7(11)6-9(8)17-10/h2-3,6H,4-5,11H2,1H3,(H,12,13). The molecule has 0 aliphatic rings. The van der Waals surface area contributed by atoms with Gasteiger partial charge in [0.25, 0.3) is 0 Å². The van der Waals surface area contributed by atoms with Crippen LogP contribution in [-0.2, 0) is 14.8 Å². The number of nitrogen functional groups attached to an aromatic ring is 1. The van der Waals surface area contributed by atoms with Crippen LogP contribution in [0.4, 0.5) is 10.8 Å². The van der Waals surface area contributed by atoms with Crippen LogP contribution >= 0.6 is 11.3 Å². The van der Waals surface area contributed by atoms with Crippen LogP contribution in [0.15, 0.2) is 18.2 Å². The molecule has 1 heterocycles. The molecule has 1 aromatic carbocycles. The van der Waals surface area contributed by atoms with Crippen molar-refractivity contribution in [2.75, 3.05) is 29.9 Å².